The zero-order chi connectivity index (χ0) is 9.14. The second-order valence-corrected chi connectivity index (χ2v) is 4.03. The fourth-order valence-corrected chi connectivity index (χ4v) is 1.70. The van der Waals surface area contributed by atoms with Crippen molar-refractivity contribution in [2.24, 2.45) is 5.73 Å². The first-order valence-corrected chi connectivity index (χ1v) is 4.85. The number of nitrogens with two attached hydrogens (primary N) is 1. The lowest BCUT2D eigenvalue weighted by Crippen LogP contribution is -2.18. The van der Waals surface area contributed by atoms with Crippen molar-refractivity contribution in [2.45, 2.75) is 19.4 Å². The van der Waals surface area contributed by atoms with E-state index in [9.17, 15) is 0 Å². The minimum atomic E-state index is 0.196. The van der Waals surface area contributed by atoms with E-state index in [1.807, 2.05) is 25.9 Å². The predicted octanol–water partition coefficient (Wildman–Crippen LogP) is 1.10. The molecule has 0 spiro atoms. The first-order valence-electron chi connectivity index (χ1n) is 3.97. The molecule has 0 bridgehead atoms. The van der Waals surface area contributed by atoms with E-state index >= 15 is 0 Å². The molecule has 0 aliphatic rings. The van der Waals surface area contributed by atoms with Crippen molar-refractivity contribution in [1.29, 1.82) is 0 Å². The number of aromatic nitrogens is 1. The van der Waals surface area contributed by atoms with Crippen molar-refractivity contribution >= 4 is 16.5 Å². The van der Waals surface area contributed by atoms with E-state index in [-0.39, 0.29) is 6.04 Å². The summed E-state index contributed by atoms with van der Waals surface area (Å²) >= 11 is 1.66. The maximum Gasteiger partial charge on any atom is 0.184 e. The summed E-state index contributed by atoms with van der Waals surface area (Å²) in [6.45, 7) is 1.99. The van der Waals surface area contributed by atoms with Crippen molar-refractivity contribution in [3.05, 3.63) is 11.1 Å². The van der Waals surface area contributed by atoms with E-state index in [1.54, 1.807) is 11.3 Å². The van der Waals surface area contributed by atoms with E-state index in [4.69, 9.17) is 5.73 Å². The molecule has 0 amide bonds. The van der Waals surface area contributed by atoms with Gasteiger partial charge in [0, 0.05) is 31.9 Å². The summed E-state index contributed by atoms with van der Waals surface area (Å²) in [5, 5.41) is 3.12. The summed E-state index contributed by atoms with van der Waals surface area (Å²) in [7, 11) is 3.99. The normalized spacial score (nSPS) is 13.0. The average molecular weight is 185 g/mol. The SMILES string of the molecule is CC(N)Cc1csc(N(C)C)n1. The van der Waals surface area contributed by atoms with Crippen LogP contribution in [-0.4, -0.2) is 25.1 Å². The van der Waals surface area contributed by atoms with Crippen molar-refractivity contribution in [1.82, 2.24) is 4.98 Å². The number of rotatable bonds is 3. The second-order valence-electron chi connectivity index (χ2n) is 3.20. The molecule has 3 nitrogen and oxygen atoms in total. The van der Waals surface area contributed by atoms with Crippen LogP contribution in [-0.2, 0) is 6.42 Å². The highest BCUT2D eigenvalue weighted by molar-refractivity contribution is 7.13. The molecule has 1 rings (SSSR count). The maximum absolute atomic E-state index is 5.66. The van der Waals surface area contributed by atoms with Crippen LogP contribution in [0.5, 0.6) is 0 Å². The number of thiazole rings is 1. The van der Waals surface area contributed by atoms with Gasteiger partial charge in [-0.2, -0.15) is 0 Å². The summed E-state index contributed by atoms with van der Waals surface area (Å²) in [6.07, 6.45) is 0.865. The molecule has 2 N–H and O–H groups in total. The van der Waals surface area contributed by atoms with Gasteiger partial charge in [-0.25, -0.2) is 4.98 Å². The largest absolute Gasteiger partial charge is 0.354 e. The maximum atomic E-state index is 5.66. The fraction of sp³-hybridized carbons (Fsp3) is 0.625. The topological polar surface area (TPSA) is 42.1 Å². The quantitative estimate of drug-likeness (QED) is 0.766. The highest BCUT2D eigenvalue weighted by Crippen LogP contribution is 2.18. The lowest BCUT2D eigenvalue weighted by atomic mass is 10.2. The van der Waals surface area contributed by atoms with Crippen LogP contribution in [0.4, 0.5) is 5.13 Å². The van der Waals surface area contributed by atoms with Crippen LogP contribution >= 0.6 is 11.3 Å². The third-order valence-electron chi connectivity index (χ3n) is 1.45. The summed E-state index contributed by atoms with van der Waals surface area (Å²) in [5.74, 6) is 0. The molecule has 0 aliphatic carbocycles. The standard InChI is InChI=1S/C8H15N3S/c1-6(9)4-7-5-12-8(10-7)11(2)3/h5-6H,4,9H2,1-3H3. The smallest absolute Gasteiger partial charge is 0.184 e. The fourth-order valence-electron chi connectivity index (χ4n) is 0.925. The monoisotopic (exact) mass is 185 g/mol. The van der Waals surface area contributed by atoms with Gasteiger partial charge in [0.25, 0.3) is 0 Å². The number of hydrogen-bond acceptors (Lipinski definition) is 4. The van der Waals surface area contributed by atoms with Crippen LogP contribution in [0.1, 0.15) is 12.6 Å². The van der Waals surface area contributed by atoms with Gasteiger partial charge in [0.15, 0.2) is 5.13 Å². The molecule has 0 aliphatic heterocycles. The molecule has 0 saturated carbocycles. The van der Waals surface area contributed by atoms with Crippen molar-refractivity contribution in [3.63, 3.8) is 0 Å². The zero-order valence-electron chi connectivity index (χ0n) is 7.74. The second kappa shape index (κ2) is 3.87. The number of nitrogens with zero attached hydrogens (tertiary/aromatic N) is 2. The van der Waals surface area contributed by atoms with Gasteiger partial charge in [-0.05, 0) is 6.92 Å². The third kappa shape index (κ3) is 2.46. The molecule has 0 fully saturated rings. The molecule has 1 unspecified atom stereocenters. The summed E-state index contributed by atoms with van der Waals surface area (Å²) < 4.78 is 0. The lowest BCUT2D eigenvalue weighted by Gasteiger charge is -2.05. The molecule has 0 radical (unpaired) electrons. The minimum absolute atomic E-state index is 0.196. The Labute approximate surface area is 77.2 Å². The van der Waals surface area contributed by atoms with Gasteiger partial charge in [-0.1, -0.05) is 0 Å². The molecule has 1 atom stereocenters. The first-order chi connectivity index (χ1) is 5.59. The number of hydrogen-bond donors (Lipinski definition) is 1. The Morgan fingerprint density at radius 1 is 1.67 bits per heavy atom. The van der Waals surface area contributed by atoms with Crippen LogP contribution < -0.4 is 10.6 Å². The lowest BCUT2D eigenvalue weighted by molar-refractivity contribution is 0.725. The van der Waals surface area contributed by atoms with Crippen LogP contribution in [0, 0.1) is 0 Å². The molecule has 68 valence electrons. The Balaban J connectivity index is 2.64. The van der Waals surface area contributed by atoms with Gasteiger partial charge in [0.2, 0.25) is 0 Å². The van der Waals surface area contributed by atoms with Crippen molar-refractivity contribution in [3.8, 4) is 0 Å². The van der Waals surface area contributed by atoms with Crippen molar-refractivity contribution in [2.75, 3.05) is 19.0 Å². The van der Waals surface area contributed by atoms with Crippen LogP contribution in [0.15, 0.2) is 5.38 Å². The average Bonchev–Trinajstić information content (AvgIpc) is 2.34. The van der Waals surface area contributed by atoms with E-state index in [2.05, 4.69) is 10.4 Å². The van der Waals surface area contributed by atoms with Crippen LogP contribution in [0.25, 0.3) is 0 Å². The molecule has 0 aromatic carbocycles. The zero-order valence-corrected chi connectivity index (χ0v) is 8.56. The molecule has 1 heterocycles. The molecule has 0 saturated heterocycles. The highest BCUT2D eigenvalue weighted by Gasteiger charge is 2.04. The Kier molecular flexibility index (Phi) is 3.05. The summed E-state index contributed by atoms with van der Waals surface area (Å²) in [5.41, 5.74) is 6.76. The molecular weight excluding hydrogens is 170 g/mol. The van der Waals surface area contributed by atoms with E-state index in [0.717, 1.165) is 17.2 Å². The van der Waals surface area contributed by atoms with Gasteiger partial charge >= 0.3 is 0 Å². The van der Waals surface area contributed by atoms with Crippen molar-refractivity contribution < 1.29 is 0 Å². The molecular formula is C8H15N3S. The van der Waals surface area contributed by atoms with E-state index < -0.39 is 0 Å². The highest BCUT2D eigenvalue weighted by atomic mass is 32.1. The van der Waals surface area contributed by atoms with Gasteiger partial charge in [0.1, 0.15) is 0 Å². The Hall–Kier alpha value is -0.610. The predicted molar refractivity (Wildman–Crippen MR) is 53.8 cm³/mol. The summed E-state index contributed by atoms with van der Waals surface area (Å²) in [4.78, 5) is 6.42. The minimum Gasteiger partial charge on any atom is -0.354 e. The van der Waals surface area contributed by atoms with E-state index in [1.165, 1.54) is 0 Å². The van der Waals surface area contributed by atoms with Crippen LogP contribution in [0.3, 0.4) is 0 Å². The first kappa shape index (κ1) is 9.48. The molecule has 12 heavy (non-hydrogen) atoms. The molecule has 1 aromatic heterocycles. The summed E-state index contributed by atoms with van der Waals surface area (Å²) in [6, 6.07) is 0.196. The van der Waals surface area contributed by atoms with Crippen LogP contribution in [0.2, 0.25) is 0 Å². The molecule has 4 heteroatoms. The Morgan fingerprint density at radius 2 is 2.33 bits per heavy atom. The Morgan fingerprint density at radius 3 is 2.75 bits per heavy atom. The Bertz CT molecular complexity index is 242. The molecule has 1 aromatic rings. The van der Waals surface area contributed by atoms with Gasteiger partial charge in [0.05, 0.1) is 5.69 Å². The third-order valence-corrected chi connectivity index (χ3v) is 2.51. The van der Waals surface area contributed by atoms with Gasteiger partial charge in [-0.3, -0.25) is 0 Å². The van der Waals surface area contributed by atoms with E-state index in [0.29, 0.717) is 0 Å². The number of anilines is 1. The van der Waals surface area contributed by atoms with Gasteiger partial charge < -0.3 is 10.6 Å². The van der Waals surface area contributed by atoms with Gasteiger partial charge in [-0.15, -0.1) is 11.3 Å².